The molecule has 0 fully saturated rings. The number of fused-ring (bicyclic) bond motifs is 3. The van der Waals surface area contributed by atoms with Gasteiger partial charge in [-0.25, -0.2) is 9.59 Å². The van der Waals surface area contributed by atoms with E-state index in [4.69, 9.17) is 23.2 Å². The Morgan fingerprint density at radius 3 is 1.63 bits per heavy atom. The Kier molecular flexibility index (Phi) is 6.42. The van der Waals surface area contributed by atoms with Crippen LogP contribution in [0.4, 0.5) is 21.0 Å². The minimum Gasteiger partial charge on any atom is -0.337 e. The summed E-state index contributed by atoms with van der Waals surface area (Å²) in [4.78, 5) is 23.7. The number of hydrogen-bond donors (Lipinski definition) is 4. The highest BCUT2D eigenvalue weighted by atomic mass is 35.5. The van der Waals surface area contributed by atoms with Crippen LogP contribution in [0.25, 0.3) is 11.1 Å². The zero-order valence-corrected chi connectivity index (χ0v) is 16.1. The van der Waals surface area contributed by atoms with Gasteiger partial charge in [0, 0.05) is 36.2 Å². The summed E-state index contributed by atoms with van der Waals surface area (Å²) in [7, 11) is 0. The molecule has 0 saturated heterocycles. The zero-order valence-electron chi connectivity index (χ0n) is 14.6. The summed E-state index contributed by atoms with van der Waals surface area (Å²) in [6.45, 7) is 0.809. The van der Waals surface area contributed by atoms with Crippen molar-refractivity contribution in [1.82, 2.24) is 10.6 Å². The number of alkyl halides is 2. The fourth-order valence-electron chi connectivity index (χ4n) is 3.00. The van der Waals surface area contributed by atoms with Crippen molar-refractivity contribution in [3.63, 3.8) is 0 Å². The molecule has 0 spiro atoms. The van der Waals surface area contributed by atoms with Gasteiger partial charge in [0.25, 0.3) is 0 Å². The van der Waals surface area contributed by atoms with Crippen molar-refractivity contribution >= 4 is 46.6 Å². The molecule has 0 saturated carbocycles. The van der Waals surface area contributed by atoms with Crippen molar-refractivity contribution in [2.75, 3.05) is 35.5 Å². The third-order valence-corrected chi connectivity index (χ3v) is 4.54. The summed E-state index contributed by atoms with van der Waals surface area (Å²) in [5, 5.41) is 11.0. The number of hydrogen-bond acceptors (Lipinski definition) is 2. The van der Waals surface area contributed by atoms with Crippen molar-refractivity contribution in [2.24, 2.45) is 0 Å². The molecule has 0 atom stereocenters. The quantitative estimate of drug-likeness (QED) is 0.467. The van der Waals surface area contributed by atoms with Crippen molar-refractivity contribution in [1.29, 1.82) is 0 Å². The second-order valence-corrected chi connectivity index (χ2v) is 6.82. The summed E-state index contributed by atoms with van der Waals surface area (Å²) < 4.78 is 0. The van der Waals surface area contributed by atoms with Gasteiger partial charge in [0.2, 0.25) is 0 Å². The number of carbonyl (C=O) groups excluding carboxylic acids is 2. The molecule has 3 rings (SSSR count). The first-order chi connectivity index (χ1) is 13.1. The van der Waals surface area contributed by atoms with E-state index >= 15 is 0 Å². The number of amides is 4. The van der Waals surface area contributed by atoms with Crippen LogP contribution in [-0.4, -0.2) is 36.9 Å². The Bertz CT molecular complexity index is 788. The molecule has 2 aromatic rings. The van der Waals surface area contributed by atoms with E-state index in [1.54, 1.807) is 0 Å². The predicted molar refractivity (Wildman–Crippen MR) is 110 cm³/mol. The monoisotopic (exact) mass is 406 g/mol. The third-order valence-electron chi connectivity index (χ3n) is 4.17. The standard InChI is InChI=1S/C19H20Cl2N4O2/c20-5-7-22-18(26)24-14-3-1-12-9-13-2-4-15(11-17(13)16(12)10-14)25-19(27)23-8-6-21/h1-4,10-11H,5-9H2,(H2,22,24,26)(H2,23,25,27). The van der Waals surface area contributed by atoms with E-state index in [1.165, 1.54) is 11.1 Å². The maximum Gasteiger partial charge on any atom is 0.319 e. The summed E-state index contributed by atoms with van der Waals surface area (Å²) in [6.07, 6.45) is 0.822. The Labute approximate surface area is 167 Å². The SMILES string of the molecule is O=C(NCCCl)Nc1ccc2c(c1)-c1cc(NC(=O)NCCCl)ccc1C2. The molecule has 1 aliphatic rings. The molecule has 0 bridgehead atoms. The minimum absolute atomic E-state index is 0.291. The molecule has 6 nitrogen and oxygen atoms in total. The lowest BCUT2D eigenvalue weighted by Crippen LogP contribution is -2.30. The number of halogens is 2. The Morgan fingerprint density at radius 1 is 0.778 bits per heavy atom. The number of carbonyl (C=O) groups is 2. The van der Waals surface area contributed by atoms with E-state index in [-0.39, 0.29) is 12.1 Å². The van der Waals surface area contributed by atoms with Gasteiger partial charge in [0.05, 0.1) is 0 Å². The van der Waals surface area contributed by atoms with Gasteiger partial charge in [-0.2, -0.15) is 0 Å². The number of nitrogens with one attached hydrogen (secondary N) is 4. The van der Waals surface area contributed by atoms with Crippen LogP contribution in [0.15, 0.2) is 36.4 Å². The maximum atomic E-state index is 11.8. The number of urea groups is 2. The van der Waals surface area contributed by atoms with Crippen LogP contribution in [0.3, 0.4) is 0 Å². The zero-order chi connectivity index (χ0) is 19.2. The van der Waals surface area contributed by atoms with Crippen LogP contribution < -0.4 is 21.3 Å². The molecule has 0 unspecified atom stereocenters. The highest BCUT2D eigenvalue weighted by Crippen LogP contribution is 2.39. The molecular formula is C19H20Cl2N4O2. The first-order valence-electron chi connectivity index (χ1n) is 8.58. The number of rotatable bonds is 6. The Morgan fingerprint density at radius 2 is 1.22 bits per heavy atom. The van der Waals surface area contributed by atoms with Crippen molar-refractivity contribution < 1.29 is 9.59 Å². The smallest absolute Gasteiger partial charge is 0.319 e. The van der Waals surface area contributed by atoms with Crippen LogP contribution in [0.5, 0.6) is 0 Å². The van der Waals surface area contributed by atoms with Crippen molar-refractivity contribution in [3.8, 4) is 11.1 Å². The highest BCUT2D eigenvalue weighted by molar-refractivity contribution is 6.18. The fourth-order valence-corrected chi connectivity index (χ4v) is 3.18. The van der Waals surface area contributed by atoms with Crippen LogP contribution in [0, 0.1) is 0 Å². The lowest BCUT2D eigenvalue weighted by Gasteiger charge is -2.10. The van der Waals surface area contributed by atoms with Crippen LogP contribution >= 0.6 is 23.2 Å². The average molecular weight is 407 g/mol. The topological polar surface area (TPSA) is 82.3 Å². The molecule has 1 aliphatic carbocycles. The van der Waals surface area contributed by atoms with E-state index in [1.807, 2.05) is 36.4 Å². The Balaban J connectivity index is 1.77. The fraction of sp³-hybridized carbons (Fsp3) is 0.263. The highest BCUT2D eigenvalue weighted by Gasteiger charge is 2.20. The van der Waals surface area contributed by atoms with E-state index in [0.717, 1.165) is 17.5 Å². The van der Waals surface area contributed by atoms with Crippen molar-refractivity contribution in [3.05, 3.63) is 47.5 Å². The van der Waals surface area contributed by atoms with Gasteiger partial charge < -0.3 is 21.3 Å². The van der Waals surface area contributed by atoms with E-state index < -0.39 is 0 Å². The summed E-state index contributed by atoms with van der Waals surface area (Å²) in [6, 6.07) is 11.1. The van der Waals surface area contributed by atoms with Gasteiger partial charge in [-0.1, -0.05) is 12.1 Å². The van der Waals surface area contributed by atoms with Crippen molar-refractivity contribution in [2.45, 2.75) is 6.42 Å². The summed E-state index contributed by atoms with van der Waals surface area (Å²) >= 11 is 11.2. The second kappa shape index (κ2) is 8.97. The third kappa shape index (κ3) is 4.84. The normalized spacial score (nSPS) is 11.3. The van der Waals surface area contributed by atoms with Gasteiger partial charge >= 0.3 is 12.1 Å². The van der Waals surface area contributed by atoms with E-state index in [2.05, 4.69) is 21.3 Å². The first kappa shape index (κ1) is 19.3. The van der Waals surface area contributed by atoms with Gasteiger partial charge in [0.1, 0.15) is 0 Å². The molecule has 0 heterocycles. The number of benzene rings is 2. The molecule has 2 aromatic carbocycles. The molecule has 0 aromatic heterocycles. The Hall–Kier alpha value is -2.44. The van der Waals surface area contributed by atoms with E-state index in [0.29, 0.717) is 36.2 Å². The molecular weight excluding hydrogens is 387 g/mol. The van der Waals surface area contributed by atoms with Gasteiger partial charge in [-0.15, -0.1) is 23.2 Å². The van der Waals surface area contributed by atoms with Gasteiger partial charge in [0.15, 0.2) is 0 Å². The molecule has 0 radical (unpaired) electrons. The largest absolute Gasteiger partial charge is 0.337 e. The summed E-state index contributed by atoms with van der Waals surface area (Å²) in [5.41, 5.74) is 5.86. The average Bonchev–Trinajstić information content (AvgIpc) is 3.02. The van der Waals surface area contributed by atoms with Gasteiger partial charge in [-0.3, -0.25) is 0 Å². The lowest BCUT2D eigenvalue weighted by atomic mass is 10.0. The maximum absolute atomic E-state index is 11.8. The molecule has 142 valence electrons. The second-order valence-electron chi connectivity index (χ2n) is 6.06. The van der Waals surface area contributed by atoms with Crippen LogP contribution in [0.1, 0.15) is 11.1 Å². The van der Waals surface area contributed by atoms with Crippen LogP contribution in [0.2, 0.25) is 0 Å². The predicted octanol–water partition coefficient (Wildman–Crippen LogP) is 3.98. The van der Waals surface area contributed by atoms with E-state index in [9.17, 15) is 9.59 Å². The number of anilines is 2. The molecule has 0 aliphatic heterocycles. The summed E-state index contributed by atoms with van der Waals surface area (Å²) in [5.74, 6) is 0.721. The molecule has 27 heavy (non-hydrogen) atoms. The van der Waals surface area contributed by atoms with Gasteiger partial charge in [-0.05, 0) is 52.9 Å². The lowest BCUT2D eigenvalue weighted by molar-refractivity contribution is 0.252. The molecule has 4 amide bonds. The minimum atomic E-state index is -0.291. The van der Waals surface area contributed by atoms with Crippen LogP contribution in [-0.2, 0) is 6.42 Å². The first-order valence-corrected chi connectivity index (χ1v) is 9.65. The molecule has 8 heteroatoms. The molecule has 4 N–H and O–H groups in total.